The van der Waals surface area contributed by atoms with Crippen molar-refractivity contribution in [3.63, 3.8) is 0 Å². The average Bonchev–Trinajstić information content (AvgIpc) is 3.14. The minimum Gasteiger partial charge on any atom is -0.299 e. The molecule has 0 bridgehead atoms. The Balaban J connectivity index is 1.88. The maximum absolute atomic E-state index is 13.3. The van der Waals surface area contributed by atoms with Gasteiger partial charge in [-0.3, -0.25) is 14.4 Å². The van der Waals surface area contributed by atoms with Crippen LogP contribution in [0.3, 0.4) is 0 Å². The number of sulfonamides is 1. The summed E-state index contributed by atoms with van der Waals surface area (Å²) in [6.07, 6.45) is 0. The third-order valence-corrected chi connectivity index (χ3v) is 8.17. The van der Waals surface area contributed by atoms with Crippen molar-refractivity contribution < 1.29 is 13.2 Å². The molecule has 0 atom stereocenters. The molecule has 0 spiro atoms. The van der Waals surface area contributed by atoms with Crippen molar-refractivity contribution in [2.24, 2.45) is 0 Å². The van der Waals surface area contributed by atoms with Gasteiger partial charge in [-0.25, -0.2) is 8.42 Å². The summed E-state index contributed by atoms with van der Waals surface area (Å²) in [5, 5.41) is 11.7. The van der Waals surface area contributed by atoms with Crippen molar-refractivity contribution in [3.05, 3.63) is 59.1 Å². The van der Waals surface area contributed by atoms with E-state index in [0.717, 1.165) is 14.2 Å². The van der Waals surface area contributed by atoms with Crippen LogP contribution in [-0.2, 0) is 14.8 Å². The van der Waals surface area contributed by atoms with Gasteiger partial charge in [0.05, 0.1) is 10.6 Å². The van der Waals surface area contributed by atoms with Crippen LogP contribution in [0.5, 0.6) is 0 Å². The molecule has 0 radical (unpaired) electrons. The van der Waals surface area contributed by atoms with E-state index < -0.39 is 22.5 Å². The fourth-order valence-corrected chi connectivity index (χ4v) is 6.17. The van der Waals surface area contributed by atoms with E-state index in [-0.39, 0.29) is 4.90 Å². The van der Waals surface area contributed by atoms with Crippen LogP contribution < -0.4 is 9.62 Å². The highest BCUT2D eigenvalue weighted by Crippen LogP contribution is 2.30. The Bertz CT molecular complexity index is 1170. The number of anilines is 2. The fourth-order valence-electron chi connectivity index (χ4n) is 2.57. The Morgan fingerprint density at radius 1 is 1.19 bits per heavy atom. The van der Waals surface area contributed by atoms with Gasteiger partial charge in [0.15, 0.2) is 4.34 Å². The number of nitrogens with zero attached hydrogens (tertiary/aromatic N) is 3. The molecule has 7 nitrogen and oxygen atoms in total. The summed E-state index contributed by atoms with van der Waals surface area (Å²) in [5.41, 5.74) is 1.10. The molecule has 1 heterocycles. The molecule has 1 aromatic heterocycles. The van der Waals surface area contributed by atoms with Crippen molar-refractivity contribution in [1.82, 2.24) is 10.2 Å². The molecule has 2 aromatic carbocycles. The van der Waals surface area contributed by atoms with E-state index in [4.69, 9.17) is 11.6 Å². The number of halogens is 1. The van der Waals surface area contributed by atoms with Gasteiger partial charge in [-0.1, -0.05) is 72.8 Å². The third-order valence-electron chi connectivity index (χ3n) is 4.05. The van der Waals surface area contributed by atoms with E-state index in [1.807, 2.05) is 20.8 Å². The molecule has 1 N–H and O–H groups in total. The summed E-state index contributed by atoms with van der Waals surface area (Å²) in [6, 6.07) is 12.8. The molecule has 0 aliphatic heterocycles. The Morgan fingerprint density at radius 3 is 2.55 bits per heavy atom. The summed E-state index contributed by atoms with van der Waals surface area (Å²) in [5.74, 6) is -0.534. The predicted molar refractivity (Wildman–Crippen MR) is 127 cm³/mol. The smallest absolute Gasteiger partial charge is 0.264 e. The number of hydrogen-bond donors (Lipinski definition) is 1. The Morgan fingerprint density at radius 2 is 1.90 bits per heavy atom. The molecule has 1 amide bonds. The number of carbonyl (C=O) groups is 1. The quantitative estimate of drug-likeness (QED) is 0.354. The van der Waals surface area contributed by atoms with Gasteiger partial charge < -0.3 is 0 Å². The number of benzene rings is 2. The lowest BCUT2D eigenvalue weighted by Crippen LogP contribution is -2.38. The molecule has 0 saturated carbocycles. The van der Waals surface area contributed by atoms with E-state index in [0.29, 0.717) is 21.1 Å². The molecule has 0 aliphatic rings. The molecule has 0 unspecified atom stereocenters. The highest BCUT2D eigenvalue weighted by Gasteiger charge is 2.28. The highest BCUT2D eigenvalue weighted by atomic mass is 35.5. The number of aryl methyl sites for hydroxylation is 1. The predicted octanol–water partition coefficient (Wildman–Crippen LogP) is 4.83. The van der Waals surface area contributed by atoms with Crippen LogP contribution in [0.4, 0.5) is 10.8 Å². The topological polar surface area (TPSA) is 92.3 Å². The molecule has 164 valence electrons. The molecule has 3 aromatic rings. The lowest BCUT2D eigenvalue weighted by Gasteiger charge is -2.24. The van der Waals surface area contributed by atoms with Crippen LogP contribution in [0.1, 0.15) is 19.4 Å². The zero-order valence-corrected chi connectivity index (χ0v) is 20.3. The second-order valence-electron chi connectivity index (χ2n) is 6.85. The van der Waals surface area contributed by atoms with Gasteiger partial charge in [0.2, 0.25) is 11.0 Å². The normalized spacial score (nSPS) is 11.5. The Hall–Kier alpha value is -2.14. The van der Waals surface area contributed by atoms with E-state index in [1.54, 1.807) is 30.3 Å². The van der Waals surface area contributed by atoms with Gasteiger partial charge in [0.1, 0.15) is 6.54 Å². The second kappa shape index (κ2) is 9.99. The fraction of sp³-hybridized carbons (Fsp3) is 0.250. The van der Waals surface area contributed by atoms with Crippen LogP contribution >= 0.6 is 34.7 Å². The number of hydrogen-bond acceptors (Lipinski definition) is 7. The SMILES string of the molecule is Cc1ccc(N(CC(=O)Nc2nnc(SC(C)C)s2)S(=O)(=O)c2ccccc2)cc1Cl. The molecule has 0 fully saturated rings. The average molecular weight is 497 g/mol. The molecule has 31 heavy (non-hydrogen) atoms. The lowest BCUT2D eigenvalue weighted by atomic mass is 10.2. The molecule has 11 heteroatoms. The second-order valence-corrected chi connectivity index (χ2v) is 11.9. The first-order valence-electron chi connectivity index (χ1n) is 9.31. The van der Waals surface area contributed by atoms with Gasteiger partial charge in [-0.15, -0.1) is 10.2 Å². The van der Waals surface area contributed by atoms with Gasteiger partial charge >= 0.3 is 0 Å². The molecule has 0 saturated heterocycles. The molecule has 0 aliphatic carbocycles. The summed E-state index contributed by atoms with van der Waals surface area (Å²) >= 11 is 9.00. The Labute approximate surface area is 194 Å². The monoisotopic (exact) mass is 496 g/mol. The first kappa shape index (κ1) is 23.5. The van der Waals surface area contributed by atoms with Crippen molar-refractivity contribution in [2.75, 3.05) is 16.2 Å². The summed E-state index contributed by atoms with van der Waals surface area (Å²) in [7, 11) is -4.00. The molecular weight excluding hydrogens is 476 g/mol. The van der Waals surface area contributed by atoms with Crippen LogP contribution in [0.15, 0.2) is 57.8 Å². The zero-order chi connectivity index (χ0) is 22.6. The maximum atomic E-state index is 13.3. The van der Waals surface area contributed by atoms with Crippen LogP contribution in [0.2, 0.25) is 5.02 Å². The minimum atomic E-state index is -4.00. The zero-order valence-electron chi connectivity index (χ0n) is 17.1. The van der Waals surface area contributed by atoms with Gasteiger partial charge in [0.25, 0.3) is 10.0 Å². The standard InChI is InChI=1S/C20H21ClN4O3S3/c1-13(2)29-20-24-23-19(30-20)22-18(26)12-25(15-10-9-14(3)17(21)11-15)31(27,28)16-7-5-4-6-8-16/h4-11,13H,12H2,1-3H3,(H,22,23,26). The van der Waals surface area contributed by atoms with Crippen molar-refractivity contribution in [1.29, 1.82) is 0 Å². The third kappa shape index (κ3) is 5.97. The minimum absolute atomic E-state index is 0.0750. The van der Waals surface area contributed by atoms with Crippen LogP contribution in [-0.4, -0.2) is 36.3 Å². The van der Waals surface area contributed by atoms with Crippen LogP contribution in [0.25, 0.3) is 0 Å². The summed E-state index contributed by atoms with van der Waals surface area (Å²) < 4.78 is 28.4. The largest absolute Gasteiger partial charge is 0.299 e. The molecule has 3 rings (SSSR count). The highest BCUT2D eigenvalue weighted by molar-refractivity contribution is 8.01. The van der Waals surface area contributed by atoms with Crippen molar-refractivity contribution in [2.45, 2.75) is 35.3 Å². The maximum Gasteiger partial charge on any atom is 0.264 e. The number of amides is 1. The van der Waals surface area contributed by atoms with E-state index in [9.17, 15) is 13.2 Å². The number of aromatic nitrogens is 2. The summed E-state index contributed by atoms with van der Waals surface area (Å²) in [4.78, 5) is 12.8. The van der Waals surface area contributed by atoms with Gasteiger partial charge in [-0.05, 0) is 36.8 Å². The number of thioether (sulfide) groups is 1. The van der Waals surface area contributed by atoms with Crippen molar-refractivity contribution >= 4 is 61.4 Å². The first-order valence-corrected chi connectivity index (χ1v) is 12.8. The lowest BCUT2D eigenvalue weighted by molar-refractivity contribution is -0.114. The van der Waals surface area contributed by atoms with E-state index in [2.05, 4.69) is 15.5 Å². The number of nitrogens with one attached hydrogen (secondary N) is 1. The molecular formula is C20H21ClN4O3S3. The van der Waals surface area contributed by atoms with Gasteiger partial charge in [0, 0.05) is 10.3 Å². The van der Waals surface area contributed by atoms with E-state index in [1.165, 1.54) is 41.3 Å². The van der Waals surface area contributed by atoms with Gasteiger partial charge in [-0.2, -0.15) is 0 Å². The van der Waals surface area contributed by atoms with E-state index >= 15 is 0 Å². The number of rotatable bonds is 8. The summed E-state index contributed by atoms with van der Waals surface area (Å²) in [6.45, 7) is 5.44. The van der Waals surface area contributed by atoms with Crippen LogP contribution in [0, 0.1) is 6.92 Å². The Kier molecular flexibility index (Phi) is 7.58. The first-order chi connectivity index (χ1) is 14.7. The van der Waals surface area contributed by atoms with Crippen molar-refractivity contribution in [3.8, 4) is 0 Å². The number of carbonyl (C=O) groups excluding carboxylic acids is 1.